The van der Waals surface area contributed by atoms with Crippen molar-refractivity contribution in [2.75, 3.05) is 17.4 Å². The van der Waals surface area contributed by atoms with Crippen molar-refractivity contribution in [1.82, 2.24) is 0 Å². The van der Waals surface area contributed by atoms with Gasteiger partial charge in [0.05, 0.1) is 26.7 Å². The smallest absolute Gasteiger partial charge is 0.335 e. The van der Waals surface area contributed by atoms with Crippen LogP contribution in [0, 0.1) is 0 Å². The van der Waals surface area contributed by atoms with Crippen molar-refractivity contribution >= 4 is 39.0 Å². The van der Waals surface area contributed by atoms with E-state index in [1.807, 2.05) is 0 Å². The monoisotopic (exact) mass is 578 g/mol. The normalized spacial score (nSPS) is 11.0. The molecule has 0 fully saturated rings. The van der Waals surface area contributed by atoms with Crippen molar-refractivity contribution in [1.29, 1.82) is 0 Å². The van der Waals surface area contributed by atoms with Crippen LogP contribution < -0.4 is 15.4 Å². The third-order valence-corrected chi connectivity index (χ3v) is 7.54. The van der Waals surface area contributed by atoms with Gasteiger partial charge in [0.2, 0.25) is 9.84 Å². The maximum atomic E-state index is 13.4. The number of hydrogen-bond acceptors (Lipinski definition) is 9. The molecular formula is C28H22N2O10S. The lowest BCUT2D eigenvalue weighted by atomic mass is 10.1. The van der Waals surface area contributed by atoms with E-state index in [1.54, 1.807) is 0 Å². The van der Waals surface area contributed by atoms with Crippen molar-refractivity contribution in [3.05, 3.63) is 102 Å². The Bertz CT molecular complexity index is 1740. The first-order chi connectivity index (χ1) is 19.5. The number of phenols is 2. The SMILES string of the molecule is O=C(O)c1ccc(C(=O)Nc2cc(S(=O)(=O)c3ccc(O)c(NC(=O)c4ccc(OCO)cc4)c3)ccc2O)cc1. The number of carbonyl (C=O) groups is 3. The molecule has 0 aromatic heterocycles. The molecule has 4 aromatic carbocycles. The van der Waals surface area contributed by atoms with Crippen molar-refractivity contribution < 1.29 is 48.0 Å². The van der Waals surface area contributed by atoms with Gasteiger partial charge in [0.25, 0.3) is 11.8 Å². The van der Waals surface area contributed by atoms with E-state index in [4.69, 9.17) is 14.9 Å². The van der Waals surface area contributed by atoms with Gasteiger partial charge in [-0.2, -0.15) is 0 Å². The first kappa shape index (κ1) is 28.6. The number of carbonyl (C=O) groups excluding carboxylic acids is 2. The zero-order valence-corrected chi connectivity index (χ0v) is 21.8. The summed E-state index contributed by atoms with van der Waals surface area (Å²) >= 11 is 0. The summed E-state index contributed by atoms with van der Waals surface area (Å²) in [7, 11) is -4.28. The summed E-state index contributed by atoms with van der Waals surface area (Å²) in [6.45, 7) is -0.544. The highest BCUT2D eigenvalue weighted by atomic mass is 32.2. The number of aromatic carboxylic acids is 1. The topological polar surface area (TPSA) is 200 Å². The second-order valence-electron chi connectivity index (χ2n) is 8.45. The van der Waals surface area contributed by atoms with Gasteiger partial charge in [-0.3, -0.25) is 9.59 Å². The van der Waals surface area contributed by atoms with Crippen LogP contribution in [0.1, 0.15) is 31.1 Å². The molecule has 0 radical (unpaired) electrons. The summed E-state index contributed by atoms with van der Waals surface area (Å²) in [6, 6.07) is 17.2. The summed E-state index contributed by atoms with van der Waals surface area (Å²) in [5, 5.41) is 43.1. The number of nitrogens with one attached hydrogen (secondary N) is 2. The van der Waals surface area contributed by atoms with E-state index < -0.39 is 45.9 Å². The Kier molecular flexibility index (Phi) is 8.21. The Hall–Kier alpha value is -5.40. The molecular weight excluding hydrogens is 556 g/mol. The molecule has 0 saturated heterocycles. The molecule has 2 amide bonds. The number of ether oxygens (including phenoxy) is 1. The van der Waals surface area contributed by atoms with E-state index in [-0.39, 0.29) is 37.9 Å². The third-order valence-electron chi connectivity index (χ3n) is 5.79. The van der Waals surface area contributed by atoms with Crippen LogP contribution in [0.5, 0.6) is 17.2 Å². The Morgan fingerprint density at radius 3 is 1.49 bits per heavy atom. The summed E-state index contributed by atoms with van der Waals surface area (Å²) in [5.74, 6) is -3.06. The predicted molar refractivity (Wildman–Crippen MR) is 145 cm³/mol. The van der Waals surface area contributed by atoms with Gasteiger partial charge in [-0.15, -0.1) is 0 Å². The standard InChI is InChI=1S/C28H22N2O10S/c31-15-40-19-7-5-17(6-8-19)27(35)30-23-14-21(10-12-25(23)33)41(38,39)20-9-11-24(32)22(13-20)29-26(34)16-1-3-18(4-2-16)28(36)37/h1-14,31-33H,15H2,(H,29,34)(H,30,35)(H,36,37). The molecule has 0 saturated carbocycles. The highest BCUT2D eigenvalue weighted by Gasteiger charge is 2.22. The zero-order chi connectivity index (χ0) is 29.7. The van der Waals surface area contributed by atoms with Gasteiger partial charge in [-0.05, 0) is 84.9 Å². The molecule has 0 heterocycles. The fourth-order valence-corrected chi connectivity index (χ4v) is 4.94. The van der Waals surface area contributed by atoms with Gasteiger partial charge in [0.15, 0.2) is 6.79 Å². The number of phenolic OH excluding ortho intramolecular Hbond substituents is 2. The fraction of sp³-hybridized carbons (Fsp3) is 0.0357. The lowest BCUT2D eigenvalue weighted by Crippen LogP contribution is -2.13. The van der Waals surface area contributed by atoms with E-state index >= 15 is 0 Å². The number of rotatable bonds is 9. The van der Waals surface area contributed by atoms with Gasteiger partial charge < -0.3 is 35.8 Å². The predicted octanol–water partition coefficient (Wildman–Crippen LogP) is 3.46. The van der Waals surface area contributed by atoms with Crippen molar-refractivity contribution in [2.24, 2.45) is 0 Å². The average molecular weight is 579 g/mol. The van der Waals surface area contributed by atoms with Crippen LogP contribution in [0.3, 0.4) is 0 Å². The highest BCUT2D eigenvalue weighted by Crippen LogP contribution is 2.33. The summed E-state index contributed by atoms with van der Waals surface area (Å²) in [6.07, 6.45) is 0. The quantitative estimate of drug-likeness (QED) is 0.126. The van der Waals surface area contributed by atoms with Gasteiger partial charge in [0, 0.05) is 11.1 Å². The fourth-order valence-electron chi connectivity index (χ4n) is 3.63. The second kappa shape index (κ2) is 11.8. The zero-order valence-electron chi connectivity index (χ0n) is 20.9. The molecule has 0 spiro atoms. The van der Waals surface area contributed by atoms with Crippen LogP contribution in [0.15, 0.2) is 94.7 Å². The van der Waals surface area contributed by atoms with Gasteiger partial charge in [-0.1, -0.05) is 0 Å². The van der Waals surface area contributed by atoms with Gasteiger partial charge in [0.1, 0.15) is 17.2 Å². The van der Waals surface area contributed by atoms with E-state index in [9.17, 15) is 33.0 Å². The number of sulfone groups is 1. The van der Waals surface area contributed by atoms with Crippen LogP contribution in [-0.4, -0.2) is 53.4 Å². The Morgan fingerprint density at radius 2 is 1.07 bits per heavy atom. The second-order valence-corrected chi connectivity index (χ2v) is 10.4. The molecule has 0 aliphatic carbocycles. The Morgan fingerprint density at radius 1 is 0.659 bits per heavy atom. The number of carboxylic acid groups (broad SMARTS) is 1. The van der Waals surface area contributed by atoms with E-state index in [2.05, 4.69) is 10.6 Å². The molecule has 0 aliphatic rings. The molecule has 4 rings (SSSR count). The minimum absolute atomic E-state index is 0.0347. The molecule has 6 N–H and O–H groups in total. The third kappa shape index (κ3) is 6.43. The first-order valence-corrected chi connectivity index (χ1v) is 13.2. The number of amides is 2. The maximum absolute atomic E-state index is 13.4. The molecule has 0 unspecified atom stereocenters. The number of carboxylic acids is 1. The van der Waals surface area contributed by atoms with Crippen LogP contribution >= 0.6 is 0 Å². The van der Waals surface area contributed by atoms with Crippen LogP contribution in [0.25, 0.3) is 0 Å². The molecule has 4 aromatic rings. The lowest BCUT2D eigenvalue weighted by molar-refractivity contribution is 0.0696. The summed E-state index contributed by atoms with van der Waals surface area (Å²) < 4.78 is 31.7. The van der Waals surface area contributed by atoms with E-state index in [1.165, 1.54) is 48.5 Å². The summed E-state index contributed by atoms with van der Waals surface area (Å²) in [4.78, 5) is 35.7. The number of anilines is 2. The minimum Gasteiger partial charge on any atom is -0.506 e. The number of hydrogen-bond donors (Lipinski definition) is 6. The maximum Gasteiger partial charge on any atom is 0.335 e. The molecule has 0 aliphatic heterocycles. The van der Waals surface area contributed by atoms with E-state index in [0.717, 1.165) is 36.4 Å². The van der Waals surface area contributed by atoms with Gasteiger partial charge in [-0.25, -0.2) is 13.2 Å². The van der Waals surface area contributed by atoms with Crippen LogP contribution in [0.4, 0.5) is 11.4 Å². The molecule has 41 heavy (non-hydrogen) atoms. The van der Waals surface area contributed by atoms with Crippen LogP contribution in [0.2, 0.25) is 0 Å². The van der Waals surface area contributed by atoms with Crippen molar-refractivity contribution in [3.8, 4) is 17.2 Å². The van der Waals surface area contributed by atoms with Gasteiger partial charge >= 0.3 is 5.97 Å². The molecule has 0 atom stereocenters. The molecule has 0 bridgehead atoms. The number of aliphatic hydroxyl groups is 1. The van der Waals surface area contributed by atoms with Crippen molar-refractivity contribution in [2.45, 2.75) is 9.79 Å². The first-order valence-electron chi connectivity index (χ1n) is 11.7. The lowest BCUT2D eigenvalue weighted by Gasteiger charge is -2.13. The van der Waals surface area contributed by atoms with Crippen molar-refractivity contribution in [3.63, 3.8) is 0 Å². The average Bonchev–Trinajstić information content (AvgIpc) is 2.95. The van der Waals surface area contributed by atoms with Crippen LogP contribution in [-0.2, 0) is 9.84 Å². The molecule has 210 valence electrons. The Balaban J connectivity index is 1.57. The summed E-state index contributed by atoms with van der Waals surface area (Å²) in [5.41, 5.74) is -0.215. The molecule has 13 heteroatoms. The number of aliphatic hydroxyl groups excluding tert-OH is 1. The number of benzene rings is 4. The Labute approximate surface area is 233 Å². The van der Waals surface area contributed by atoms with E-state index in [0.29, 0.717) is 5.75 Å². The number of aromatic hydroxyl groups is 2. The minimum atomic E-state index is -4.28. The largest absolute Gasteiger partial charge is 0.506 e. The highest BCUT2D eigenvalue weighted by molar-refractivity contribution is 7.91. The molecule has 12 nitrogen and oxygen atoms in total.